The Morgan fingerprint density at radius 2 is 1.74 bits per heavy atom. The molecular formula is C26H25ClN4O2S. The standard InChI is InChI=1S/C26H25ClN4O2S/c1-3-18-7-5-6-8-23(18)28-24(32)17-34-26-30-29-25(19-9-11-20(27)12-10-19)31(26)21-13-15-22(16-14-21)33-4-2/h5-16H,3-4,17H2,1-2H3,(H,28,32). The quantitative estimate of drug-likeness (QED) is 0.278. The van der Waals surface area contributed by atoms with E-state index in [0.717, 1.165) is 34.7 Å². The van der Waals surface area contributed by atoms with E-state index in [1.807, 2.05) is 84.3 Å². The van der Waals surface area contributed by atoms with Crippen molar-refractivity contribution in [1.82, 2.24) is 14.8 Å². The van der Waals surface area contributed by atoms with E-state index in [4.69, 9.17) is 16.3 Å². The van der Waals surface area contributed by atoms with Crippen LogP contribution in [0.15, 0.2) is 78.0 Å². The molecule has 0 aliphatic rings. The number of carbonyl (C=O) groups excluding carboxylic acids is 1. The third-order valence-corrected chi connectivity index (χ3v) is 6.33. The second-order valence-corrected chi connectivity index (χ2v) is 8.80. The summed E-state index contributed by atoms with van der Waals surface area (Å²) in [7, 11) is 0. The van der Waals surface area contributed by atoms with Gasteiger partial charge >= 0.3 is 0 Å². The third-order valence-electron chi connectivity index (χ3n) is 5.15. The molecule has 0 saturated carbocycles. The van der Waals surface area contributed by atoms with Crippen molar-refractivity contribution in [3.63, 3.8) is 0 Å². The Bertz CT molecular complexity index is 1260. The number of anilines is 1. The van der Waals surface area contributed by atoms with E-state index in [2.05, 4.69) is 22.4 Å². The van der Waals surface area contributed by atoms with Gasteiger partial charge in [-0.3, -0.25) is 9.36 Å². The van der Waals surface area contributed by atoms with Gasteiger partial charge in [0.05, 0.1) is 12.4 Å². The first-order valence-corrected chi connectivity index (χ1v) is 12.4. The summed E-state index contributed by atoms with van der Waals surface area (Å²) in [5.41, 5.74) is 3.69. The van der Waals surface area contributed by atoms with Crippen LogP contribution in [0.25, 0.3) is 17.1 Å². The van der Waals surface area contributed by atoms with Crippen LogP contribution in [-0.4, -0.2) is 33.0 Å². The van der Waals surface area contributed by atoms with Crippen LogP contribution in [0.3, 0.4) is 0 Å². The zero-order valence-electron chi connectivity index (χ0n) is 19.0. The molecule has 3 aromatic carbocycles. The lowest BCUT2D eigenvalue weighted by Crippen LogP contribution is -2.15. The molecule has 34 heavy (non-hydrogen) atoms. The summed E-state index contributed by atoms with van der Waals surface area (Å²) in [4.78, 5) is 12.7. The van der Waals surface area contributed by atoms with Gasteiger partial charge in [0.25, 0.3) is 0 Å². The first-order chi connectivity index (χ1) is 16.6. The molecule has 4 aromatic rings. The van der Waals surface area contributed by atoms with Crippen molar-refractivity contribution in [3.05, 3.63) is 83.4 Å². The fraction of sp³-hybridized carbons (Fsp3) is 0.192. The summed E-state index contributed by atoms with van der Waals surface area (Å²) in [6.45, 7) is 4.61. The van der Waals surface area contributed by atoms with Gasteiger partial charge in [-0.15, -0.1) is 10.2 Å². The molecule has 0 radical (unpaired) electrons. The predicted octanol–water partition coefficient (Wildman–Crippen LogP) is 6.28. The first-order valence-electron chi connectivity index (χ1n) is 11.0. The molecule has 4 rings (SSSR count). The van der Waals surface area contributed by atoms with Crippen LogP contribution in [-0.2, 0) is 11.2 Å². The lowest BCUT2D eigenvalue weighted by molar-refractivity contribution is -0.113. The smallest absolute Gasteiger partial charge is 0.234 e. The highest BCUT2D eigenvalue weighted by Crippen LogP contribution is 2.30. The van der Waals surface area contributed by atoms with Crippen LogP contribution in [0.5, 0.6) is 5.75 Å². The van der Waals surface area contributed by atoms with E-state index in [1.54, 1.807) is 0 Å². The van der Waals surface area contributed by atoms with E-state index in [0.29, 0.717) is 22.6 Å². The fourth-order valence-electron chi connectivity index (χ4n) is 3.51. The first kappa shape index (κ1) is 23.9. The molecular weight excluding hydrogens is 468 g/mol. The average molecular weight is 493 g/mol. The van der Waals surface area contributed by atoms with Crippen LogP contribution in [0, 0.1) is 0 Å². The second-order valence-electron chi connectivity index (χ2n) is 7.42. The topological polar surface area (TPSA) is 69.0 Å². The summed E-state index contributed by atoms with van der Waals surface area (Å²) in [5, 5.41) is 13.1. The van der Waals surface area contributed by atoms with Crippen molar-refractivity contribution in [2.45, 2.75) is 25.4 Å². The number of nitrogens with one attached hydrogen (secondary N) is 1. The molecule has 1 heterocycles. The molecule has 1 aromatic heterocycles. The van der Waals surface area contributed by atoms with E-state index >= 15 is 0 Å². The highest BCUT2D eigenvalue weighted by atomic mass is 35.5. The summed E-state index contributed by atoms with van der Waals surface area (Å²) in [5.74, 6) is 1.56. The number of aryl methyl sites for hydroxylation is 1. The molecule has 174 valence electrons. The van der Waals surface area contributed by atoms with Crippen LogP contribution >= 0.6 is 23.4 Å². The Morgan fingerprint density at radius 1 is 1.00 bits per heavy atom. The van der Waals surface area contributed by atoms with Gasteiger partial charge in [-0.2, -0.15) is 0 Å². The van der Waals surface area contributed by atoms with Gasteiger partial charge in [0.15, 0.2) is 11.0 Å². The zero-order chi connectivity index (χ0) is 23.9. The van der Waals surface area contributed by atoms with Crippen molar-refractivity contribution in [3.8, 4) is 22.8 Å². The van der Waals surface area contributed by atoms with Gasteiger partial charge in [0, 0.05) is 22.0 Å². The van der Waals surface area contributed by atoms with Crippen LogP contribution in [0.2, 0.25) is 5.02 Å². The maximum absolute atomic E-state index is 12.7. The molecule has 6 nitrogen and oxygen atoms in total. The number of carbonyl (C=O) groups is 1. The Morgan fingerprint density at radius 3 is 2.44 bits per heavy atom. The number of para-hydroxylation sites is 1. The highest BCUT2D eigenvalue weighted by molar-refractivity contribution is 7.99. The van der Waals surface area contributed by atoms with Crippen molar-refractivity contribution < 1.29 is 9.53 Å². The molecule has 0 spiro atoms. The third kappa shape index (κ3) is 5.61. The normalized spacial score (nSPS) is 10.8. The summed E-state index contributed by atoms with van der Waals surface area (Å²) in [6.07, 6.45) is 0.847. The maximum Gasteiger partial charge on any atom is 0.234 e. The monoisotopic (exact) mass is 492 g/mol. The Kier molecular flexibility index (Phi) is 7.87. The minimum Gasteiger partial charge on any atom is -0.494 e. The predicted molar refractivity (Wildman–Crippen MR) is 138 cm³/mol. The van der Waals surface area contributed by atoms with Gasteiger partial charge in [0.2, 0.25) is 5.91 Å². The number of thioether (sulfide) groups is 1. The molecule has 1 N–H and O–H groups in total. The largest absolute Gasteiger partial charge is 0.494 e. The molecule has 0 fully saturated rings. The summed E-state index contributed by atoms with van der Waals surface area (Å²) in [6, 6.07) is 23.0. The van der Waals surface area contributed by atoms with Crippen LogP contribution < -0.4 is 10.1 Å². The number of halogens is 1. The lowest BCUT2D eigenvalue weighted by Gasteiger charge is -2.12. The maximum atomic E-state index is 12.7. The van der Waals surface area contributed by atoms with Gasteiger partial charge in [-0.25, -0.2) is 0 Å². The molecule has 0 aliphatic carbocycles. The molecule has 0 bridgehead atoms. The lowest BCUT2D eigenvalue weighted by atomic mass is 10.1. The molecule has 8 heteroatoms. The van der Waals surface area contributed by atoms with Gasteiger partial charge in [-0.1, -0.05) is 48.5 Å². The fourth-order valence-corrected chi connectivity index (χ4v) is 4.39. The molecule has 0 unspecified atom stereocenters. The van der Waals surface area contributed by atoms with Crippen molar-refractivity contribution in [1.29, 1.82) is 0 Å². The number of amides is 1. The summed E-state index contributed by atoms with van der Waals surface area (Å²) < 4.78 is 7.52. The number of rotatable bonds is 9. The van der Waals surface area contributed by atoms with Crippen LogP contribution in [0.1, 0.15) is 19.4 Å². The number of ether oxygens (including phenoxy) is 1. The van der Waals surface area contributed by atoms with E-state index in [9.17, 15) is 4.79 Å². The highest BCUT2D eigenvalue weighted by Gasteiger charge is 2.18. The van der Waals surface area contributed by atoms with E-state index in [-0.39, 0.29) is 11.7 Å². The molecule has 0 aliphatic heterocycles. The van der Waals surface area contributed by atoms with Gasteiger partial charge in [0.1, 0.15) is 5.75 Å². The SMILES string of the molecule is CCOc1ccc(-n2c(SCC(=O)Nc3ccccc3CC)nnc2-c2ccc(Cl)cc2)cc1. The minimum atomic E-state index is -0.0970. The number of hydrogen-bond acceptors (Lipinski definition) is 5. The van der Waals surface area contributed by atoms with E-state index < -0.39 is 0 Å². The average Bonchev–Trinajstić information content (AvgIpc) is 3.28. The van der Waals surface area contributed by atoms with Gasteiger partial charge in [-0.05, 0) is 73.5 Å². The number of hydrogen-bond donors (Lipinski definition) is 1. The van der Waals surface area contributed by atoms with E-state index in [1.165, 1.54) is 11.8 Å². The van der Waals surface area contributed by atoms with Crippen molar-refractivity contribution >= 4 is 35.0 Å². The number of benzene rings is 3. The Balaban J connectivity index is 1.60. The van der Waals surface area contributed by atoms with Crippen molar-refractivity contribution in [2.75, 3.05) is 17.7 Å². The summed E-state index contributed by atoms with van der Waals surface area (Å²) >= 11 is 7.41. The number of nitrogens with zero attached hydrogens (tertiary/aromatic N) is 3. The number of aromatic nitrogens is 3. The Hall–Kier alpha value is -3.29. The second kappa shape index (κ2) is 11.2. The van der Waals surface area contributed by atoms with Crippen molar-refractivity contribution in [2.24, 2.45) is 0 Å². The minimum absolute atomic E-state index is 0.0970. The zero-order valence-corrected chi connectivity index (χ0v) is 20.6. The Labute approximate surface area is 208 Å². The van der Waals surface area contributed by atoms with Gasteiger partial charge < -0.3 is 10.1 Å². The van der Waals surface area contributed by atoms with Crippen LogP contribution in [0.4, 0.5) is 5.69 Å². The molecule has 0 saturated heterocycles. The molecule has 1 amide bonds. The molecule has 0 atom stereocenters.